The van der Waals surface area contributed by atoms with Crippen LogP contribution >= 0.6 is 0 Å². The summed E-state index contributed by atoms with van der Waals surface area (Å²) in [6.45, 7) is 1.57. The Morgan fingerprint density at radius 1 is 1.13 bits per heavy atom. The average Bonchev–Trinajstić information content (AvgIpc) is 2.53. The summed E-state index contributed by atoms with van der Waals surface area (Å²) in [5.41, 5.74) is 5.60. The Balaban J connectivity index is 1.70. The largest absolute Gasteiger partial charge is 0.380 e. The number of pyridine rings is 1. The van der Waals surface area contributed by atoms with Gasteiger partial charge in [0.15, 0.2) is 0 Å². The second-order valence-electron chi connectivity index (χ2n) is 6.03. The molecule has 2 aliphatic heterocycles. The second-order valence-corrected chi connectivity index (χ2v) is 6.03. The number of hydrogen-bond donors (Lipinski definition) is 2. The van der Waals surface area contributed by atoms with E-state index in [-0.39, 0.29) is 0 Å². The Bertz CT molecular complexity index is 782. The van der Waals surface area contributed by atoms with E-state index in [0.29, 0.717) is 18.2 Å². The molecule has 5 nitrogen and oxygen atoms in total. The molecule has 3 heterocycles. The van der Waals surface area contributed by atoms with Crippen molar-refractivity contribution < 1.29 is 4.74 Å². The molecule has 0 saturated carbocycles. The maximum Gasteiger partial charge on any atom is 0.106 e. The Kier molecular flexibility index (Phi) is 3.42. The van der Waals surface area contributed by atoms with Gasteiger partial charge in [0, 0.05) is 30.3 Å². The number of amidine groups is 1. The molecule has 4 rings (SSSR count). The third kappa shape index (κ3) is 2.43. The van der Waals surface area contributed by atoms with Gasteiger partial charge in [-0.1, -0.05) is 6.07 Å². The summed E-state index contributed by atoms with van der Waals surface area (Å²) in [6, 6.07) is 8.41. The Hall–Kier alpha value is -2.53. The topological polar surface area (TPSA) is 73.1 Å². The SMILES string of the molecule is N=CN1C(=N)CCc2cc(-c3cncc(C4COC4)c3)ccc21. The zero-order valence-corrected chi connectivity index (χ0v) is 12.7. The van der Waals surface area contributed by atoms with Crippen molar-refractivity contribution in [3.8, 4) is 11.1 Å². The zero-order chi connectivity index (χ0) is 15.8. The van der Waals surface area contributed by atoms with Crippen LogP contribution in [0.2, 0.25) is 0 Å². The van der Waals surface area contributed by atoms with Crippen LogP contribution in [0, 0.1) is 10.8 Å². The highest BCUT2D eigenvalue weighted by atomic mass is 16.5. The minimum Gasteiger partial charge on any atom is -0.380 e. The monoisotopic (exact) mass is 306 g/mol. The molecule has 0 atom stereocenters. The van der Waals surface area contributed by atoms with E-state index in [2.05, 4.69) is 17.1 Å². The van der Waals surface area contributed by atoms with Crippen molar-refractivity contribution in [2.75, 3.05) is 18.1 Å². The van der Waals surface area contributed by atoms with E-state index in [0.717, 1.165) is 36.4 Å². The fraction of sp³-hybridized carbons (Fsp3) is 0.278. The number of benzene rings is 1. The van der Waals surface area contributed by atoms with Crippen molar-refractivity contribution in [3.63, 3.8) is 0 Å². The molecule has 0 aliphatic carbocycles. The number of hydrogen-bond acceptors (Lipinski definition) is 4. The molecule has 0 amide bonds. The lowest BCUT2D eigenvalue weighted by Crippen LogP contribution is -2.32. The Labute approximate surface area is 134 Å². The van der Waals surface area contributed by atoms with Crippen LogP contribution in [0.5, 0.6) is 0 Å². The van der Waals surface area contributed by atoms with E-state index in [4.69, 9.17) is 15.6 Å². The molecule has 2 aliphatic rings. The van der Waals surface area contributed by atoms with E-state index in [1.807, 2.05) is 24.5 Å². The summed E-state index contributed by atoms with van der Waals surface area (Å²) >= 11 is 0. The van der Waals surface area contributed by atoms with Crippen LogP contribution in [0.1, 0.15) is 23.5 Å². The van der Waals surface area contributed by atoms with Crippen molar-refractivity contribution in [2.45, 2.75) is 18.8 Å². The van der Waals surface area contributed by atoms with Crippen molar-refractivity contribution in [1.29, 1.82) is 10.8 Å². The predicted molar refractivity (Wildman–Crippen MR) is 90.5 cm³/mol. The highest BCUT2D eigenvalue weighted by Gasteiger charge is 2.22. The van der Waals surface area contributed by atoms with E-state index in [1.54, 1.807) is 4.90 Å². The Morgan fingerprint density at radius 3 is 2.74 bits per heavy atom. The second kappa shape index (κ2) is 5.59. The quantitative estimate of drug-likeness (QED) is 0.675. The fourth-order valence-electron chi connectivity index (χ4n) is 3.13. The number of nitrogens with zero attached hydrogens (tertiary/aromatic N) is 2. The molecule has 23 heavy (non-hydrogen) atoms. The highest BCUT2D eigenvalue weighted by Crippen LogP contribution is 2.33. The van der Waals surface area contributed by atoms with Gasteiger partial charge in [0.1, 0.15) is 5.84 Å². The lowest BCUT2D eigenvalue weighted by molar-refractivity contribution is 0.00831. The van der Waals surface area contributed by atoms with Crippen molar-refractivity contribution in [1.82, 2.24) is 4.98 Å². The van der Waals surface area contributed by atoms with Crippen LogP contribution < -0.4 is 4.90 Å². The molecule has 5 heteroatoms. The van der Waals surface area contributed by atoms with Crippen LogP contribution in [-0.2, 0) is 11.2 Å². The molecule has 116 valence electrons. The maximum atomic E-state index is 7.95. The first kappa shape index (κ1) is 14.1. The van der Waals surface area contributed by atoms with Crippen molar-refractivity contribution in [3.05, 3.63) is 47.8 Å². The lowest BCUT2D eigenvalue weighted by atomic mass is 9.93. The van der Waals surface area contributed by atoms with Gasteiger partial charge in [-0.25, -0.2) is 0 Å². The van der Waals surface area contributed by atoms with Crippen molar-refractivity contribution in [2.24, 2.45) is 0 Å². The number of aromatic nitrogens is 1. The third-order valence-corrected chi connectivity index (χ3v) is 4.59. The molecular weight excluding hydrogens is 288 g/mol. The van der Waals surface area contributed by atoms with Gasteiger partial charge in [-0.3, -0.25) is 20.7 Å². The van der Waals surface area contributed by atoms with Gasteiger partial charge >= 0.3 is 0 Å². The van der Waals surface area contributed by atoms with Gasteiger partial charge in [0.25, 0.3) is 0 Å². The van der Waals surface area contributed by atoms with Crippen LogP contribution in [0.4, 0.5) is 5.69 Å². The minimum absolute atomic E-state index is 0.467. The van der Waals surface area contributed by atoms with E-state index in [9.17, 15) is 0 Å². The summed E-state index contributed by atoms with van der Waals surface area (Å²) in [6.07, 6.45) is 6.55. The van der Waals surface area contributed by atoms with Gasteiger partial charge in [-0.15, -0.1) is 0 Å². The first-order valence-corrected chi connectivity index (χ1v) is 7.79. The molecule has 0 bridgehead atoms. The molecule has 2 N–H and O–H groups in total. The van der Waals surface area contributed by atoms with Crippen LogP contribution in [0.25, 0.3) is 11.1 Å². The normalized spacial score (nSPS) is 17.6. The first-order chi connectivity index (χ1) is 11.3. The lowest BCUT2D eigenvalue weighted by Gasteiger charge is -2.28. The molecule has 2 aromatic rings. The molecule has 0 spiro atoms. The van der Waals surface area contributed by atoms with E-state index >= 15 is 0 Å². The Morgan fingerprint density at radius 2 is 2.00 bits per heavy atom. The summed E-state index contributed by atoms with van der Waals surface area (Å²) < 4.78 is 5.27. The molecule has 1 aromatic carbocycles. The number of fused-ring (bicyclic) bond motifs is 1. The average molecular weight is 306 g/mol. The fourth-order valence-corrected chi connectivity index (χ4v) is 3.13. The third-order valence-electron chi connectivity index (χ3n) is 4.59. The van der Waals surface area contributed by atoms with Gasteiger partial charge in [0.2, 0.25) is 0 Å². The number of nitrogens with one attached hydrogen (secondary N) is 2. The molecule has 0 radical (unpaired) electrons. The predicted octanol–water partition coefficient (Wildman–Crippen LogP) is 3.20. The minimum atomic E-state index is 0.467. The standard InChI is InChI=1S/C18H18N4O/c19-11-22-17-3-1-12(5-13(17)2-4-18(22)20)14-6-15(8-21-7-14)16-9-23-10-16/h1,3,5-8,11,16,19-20H,2,4,9-10H2. The van der Waals surface area contributed by atoms with Gasteiger partial charge < -0.3 is 4.74 Å². The van der Waals surface area contributed by atoms with Crippen LogP contribution in [0.3, 0.4) is 0 Å². The molecular formula is C18H18N4O. The molecule has 1 fully saturated rings. The van der Waals surface area contributed by atoms with E-state index < -0.39 is 0 Å². The van der Waals surface area contributed by atoms with Gasteiger partial charge in [-0.2, -0.15) is 0 Å². The zero-order valence-electron chi connectivity index (χ0n) is 12.7. The maximum absolute atomic E-state index is 7.95. The number of rotatable bonds is 3. The summed E-state index contributed by atoms with van der Waals surface area (Å²) in [5, 5.41) is 15.5. The summed E-state index contributed by atoms with van der Waals surface area (Å²) in [7, 11) is 0. The number of aryl methyl sites for hydroxylation is 1. The van der Waals surface area contributed by atoms with Gasteiger partial charge in [-0.05, 0) is 41.3 Å². The first-order valence-electron chi connectivity index (χ1n) is 7.79. The highest BCUT2D eigenvalue weighted by molar-refractivity contribution is 6.11. The van der Waals surface area contributed by atoms with E-state index in [1.165, 1.54) is 17.5 Å². The smallest absolute Gasteiger partial charge is 0.106 e. The summed E-state index contributed by atoms with van der Waals surface area (Å²) in [5.74, 6) is 0.947. The molecule has 1 saturated heterocycles. The number of ether oxygens (including phenoxy) is 1. The number of anilines is 1. The molecule has 0 unspecified atom stereocenters. The van der Waals surface area contributed by atoms with Crippen molar-refractivity contribution >= 4 is 17.9 Å². The van der Waals surface area contributed by atoms with Crippen LogP contribution in [0.15, 0.2) is 36.7 Å². The summed E-state index contributed by atoms with van der Waals surface area (Å²) in [4.78, 5) is 6.02. The van der Waals surface area contributed by atoms with Gasteiger partial charge in [0.05, 0.1) is 25.2 Å². The van der Waals surface area contributed by atoms with Crippen LogP contribution in [-0.4, -0.2) is 30.4 Å². The molecule has 1 aromatic heterocycles.